The van der Waals surface area contributed by atoms with Gasteiger partial charge in [0, 0.05) is 5.56 Å². The van der Waals surface area contributed by atoms with Gasteiger partial charge in [-0.2, -0.15) is 0 Å². The average molecular weight is 428 g/mol. The molecule has 3 aromatic rings. The maximum absolute atomic E-state index is 11.9. The van der Waals surface area contributed by atoms with Gasteiger partial charge in [0.05, 0.1) is 33.0 Å². The van der Waals surface area contributed by atoms with Crippen molar-refractivity contribution in [1.82, 2.24) is 10.2 Å². The smallest absolute Gasteiger partial charge is 0.338 e. The normalized spacial score (nSPS) is 10.6. The molecule has 0 aliphatic rings. The van der Waals surface area contributed by atoms with E-state index in [9.17, 15) is 4.79 Å². The summed E-state index contributed by atoms with van der Waals surface area (Å²) in [5.41, 5.74) is 1.06. The minimum atomic E-state index is -0.381. The third kappa shape index (κ3) is 5.25. The van der Waals surface area contributed by atoms with E-state index < -0.39 is 0 Å². The predicted molar refractivity (Wildman–Crippen MR) is 111 cm³/mol. The summed E-state index contributed by atoms with van der Waals surface area (Å²) in [6.07, 6.45) is -0.180. The molecule has 31 heavy (non-hydrogen) atoms. The Morgan fingerprint density at radius 1 is 0.968 bits per heavy atom. The van der Waals surface area contributed by atoms with Gasteiger partial charge in [-0.1, -0.05) is 0 Å². The highest BCUT2D eigenvalue weighted by atomic mass is 16.5. The minimum Gasteiger partial charge on any atom is -0.493 e. The number of benzene rings is 2. The van der Waals surface area contributed by atoms with E-state index >= 15 is 0 Å². The maximum Gasteiger partial charge on any atom is 0.338 e. The van der Waals surface area contributed by atoms with Gasteiger partial charge in [-0.25, -0.2) is 4.79 Å². The molecular formula is C22H24N2O7. The number of esters is 1. The Kier molecular flexibility index (Phi) is 6.96. The van der Waals surface area contributed by atoms with Gasteiger partial charge in [0.25, 0.3) is 5.89 Å². The van der Waals surface area contributed by atoms with Crippen LogP contribution in [0, 0.1) is 0 Å². The van der Waals surface area contributed by atoms with Crippen LogP contribution in [-0.4, -0.2) is 43.6 Å². The third-order valence-electron chi connectivity index (χ3n) is 4.17. The molecule has 0 N–H and O–H groups in total. The van der Waals surface area contributed by atoms with E-state index in [0.717, 1.165) is 0 Å². The Labute approximate surface area is 179 Å². The zero-order valence-electron chi connectivity index (χ0n) is 18.0. The van der Waals surface area contributed by atoms with E-state index in [0.29, 0.717) is 34.1 Å². The van der Waals surface area contributed by atoms with Crippen LogP contribution in [0.1, 0.15) is 30.1 Å². The van der Waals surface area contributed by atoms with Gasteiger partial charge >= 0.3 is 5.97 Å². The van der Waals surface area contributed by atoms with E-state index in [2.05, 4.69) is 10.2 Å². The van der Waals surface area contributed by atoms with Crippen LogP contribution in [0.4, 0.5) is 0 Å². The Morgan fingerprint density at radius 3 is 2.16 bits per heavy atom. The van der Waals surface area contributed by atoms with Gasteiger partial charge in [-0.05, 0) is 50.2 Å². The average Bonchev–Trinajstić information content (AvgIpc) is 3.25. The lowest BCUT2D eigenvalue weighted by molar-refractivity contribution is 0.0378. The topological polar surface area (TPSA) is 102 Å². The molecule has 0 aliphatic heterocycles. The zero-order valence-corrected chi connectivity index (χ0v) is 18.0. The summed E-state index contributed by atoms with van der Waals surface area (Å²) < 4.78 is 32.5. The first-order valence-electron chi connectivity index (χ1n) is 9.51. The molecule has 0 bridgehead atoms. The predicted octanol–water partition coefficient (Wildman–Crippen LogP) is 3.91. The first-order valence-corrected chi connectivity index (χ1v) is 9.51. The summed E-state index contributed by atoms with van der Waals surface area (Å²) in [6, 6.07) is 10.0. The molecule has 1 aromatic heterocycles. The summed E-state index contributed by atoms with van der Waals surface area (Å²) in [5.74, 6) is 2.16. The highest BCUT2D eigenvalue weighted by Crippen LogP contribution is 2.40. The monoisotopic (exact) mass is 428 g/mol. The zero-order chi connectivity index (χ0) is 22.4. The van der Waals surface area contributed by atoms with E-state index in [4.69, 9.17) is 28.1 Å². The number of aromatic nitrogens is 2. The lowest BCUT2D eigenvalue weighted by atomic mass is 10.2. The van der Waals surface area contributed by atoms with Crippen LogP contribution >= 0.6 is 0 Å². The second-order valence-electron chi connectivity index (χ2n) is 6.68. The highest BCUT2D eigenvalue weighted by molar-refractivity contribution is 5.89. The SMILES string of the molecule is COc1cc(-c2nnc(COc3ccc(C(=O)OC(C)C)cc3)o2)cc(OC)c1OC. The van der Waals surface area contributed by atoms with Crippen molar-refractivity contribution in [3.63, 3.8) is 0 Å². The molecule has 0 radical (unpaired) electrons. The summed E-state index contributed by atoms with van der Waals surface area (Å²) in [4.78, 5) is 11.9. The van der Waals surface area contributed by atoms with Crippen LogP contribution in [0.25, 0.3) is 11.5 Å². The van der Waals surface area contributed by atoms with Crippen LogP contribution in [-0.2, 0) is 11.3 Å². The second-order valence-corrected chi connectivity index (χ2v) is 6.68. The molecule has 0 aliphatic carbocycles. The number of carbonyl (C=O) groups is 1. The van der Waals surface area contributed by atoms with Crippen LogP contribution in [0.3, 0.4) is 0 Å². The molecule has 0 saturated heterocycles. The first kappa shape index (κ1) is 21.9. The minimum absolute atomic E-state index is 0.0627. The van der Waals surface area contributed by atoms with E-state index in [-0.39, 0.29) is 30.5 Å². The van der Waals surface area contributed by atoms with Gasteiger partial charge < -0.3 is 28.1 Å². The molecule has 0 atom stereocenters. The summed E-state index contributed by atoms with van der Waals surface area (Å²) in [7, 11) is 4.59. The van der Waals surface area contributed by atoms with E-state index in [1.54, 1.807) is 50.2 Å². The van der Waals surface area contributed by atoms with Crippen molar-refractivity contribution in [2.24, 2.45) is 0 Å². The molecule has 0 unspecified atom stereocenters. The number of nitrogens with zero attached hydrogens (tertiary/aromatic N) is 2. The van der Waals surface area contributed by atoms with Crippen LogP contribution in [0.15, 0.2) is 40.8 Å². The van der Waals surface area contributed by atoms with Crippen molar-refractivity contribution in [2.45, 2.75) is 26.6 Å². The van der Waals surface area contributed by atoms with Crippen molar-refractivity contribution in [2.75, 3.05) is 21.3 Å². The number of ether oxygens (including phenoxy) is 5. The molecule has 164 valence electrons. The molecule has 3 rings (SSSR count). The molecule has 1 heterocycles. The lowest BCUT2D eigenvalue weighted by Gasteiger charge is -2.12. The Hall–Kier alpha value is -3.75. The van der Waals surface area contributed by atoms with Gasteiger partial charge in [0.2, 0.25) is 11.6 Å². The molecular weight excluding hydrogens is 404 g/mol. The fourth-order valence-electron chi connectivity index (χ4n) is 2.75. The van der Waals surface area contributed by atoms with E-state index in [1.165, 1.54) is 21.3 Å². The van der Waals surface area contributed by atoms with Gasteiger partial charge in [0.1, 0.15) is 5.75 Å². The quantitative estimate of drug-likeness (QED) is 0.469. The van der Waals surface area contributed by atoms with Crippen LogP contribution < -0.4 is 18.9 Å². The van der Waals surface area contributed by atoms with Gasteiger partial charge in [-0.15, -0.1) is 10.2 Å². The first-order chi connectivity index (χ1) is 14.9. The van der Waals surface area contributed by atoms with Crippen molar-refractivity contribution < 1.29 is 32.9 Å². The summed E-state index contributed by atoms with van der Waals surface area (Å²) in [5, 5.41) is 8.07. The third-order valence-corrected chi connectivity index (χ3v) is 4.17. The van der Waals surface area contributed by atoms with E-state index in [1.807, 2.05) is 0 Å². The lowest BCUT2D eigenvalue weighted by Crippen LogP contribution is -2.11. The number of hydrogen-bond donors (Lipinski definition) is 0. The Bertz CT molecular complexity index is 1000. The molecule has 0 amide bonds. The molecule has 0 fully saturated rings. The Balaban J connectivity index is 1.69. The summed E-state index contributed by atoms with van der Waals surface area (Å²) in [6.45, 7) is 3.66. The maximum atomic E-state index is 11.9. The van der Waals surface area contributed by atoms with Crippen molar-refractivity contribution in [1.29, 1.82) is 0 Å². The standard InChI is InChI=1S/C22H24N2O7/c1-13(2)30-22(25)14-6-8-16(9-7-14)29-12-19-23-24-21(31-19)15-10-17(26-3)20(28-5)18(11-15)27-4/h6-11,13H,12H2,1-5H3. The van der Waals surface area contributed by atoms with Crippen LogP contribution in [0.2, 0.25) is 0 Å². The summed E-state index contributed by atoms with van der Waals surface area (Å²) >= 11 is 0. The Morgan fingerprint density at radius 2 is 1.61 bits per heavy atom. The van der Waals surface area contributed by atoms with Crippen molar-refractivity contribution >= 4 is 5.97 Å². The number of rotatable bonds is 9. The highest BCUT2D eigenvalue weighted by Gasteiger charge is 2.18. The van der Waals surface area contributed by atoms with Gasteiger partial charge in [0.15, 0.2) is 18.1 Å². The van der Waals surface area contributed by atoms with Gasteiger partial charge in [-0.3, -0.25) is 0 Å². The molecule has 0 spiro atoms. The molecule has 9 heteroatoms. The fraction of sp³-hybridized carbons (Fsp3) is 0.318. The second kappa shape index (κ2) is 9.84. The number of hydrogen-bond acceptors (Lipinski definition) is 9. The molecule has 2 aromatic carbocycles. The largest absolute Gasteiger partial charge is 0.493 e. The number of carbonyl (C=O) groups excluding carboxylic acids is 1. The molecule has 9 nitrogen and oxygen atoms in total. The van der Waals surface area contributed by atoms with Crippen molar-refractivity contribution in [3.8, 4) is 34.5 Å². The molecule has 0 saturated carbocycles. The number of methoxy groups -OCH3 is 3. The van der Waals surface area contributed by atoms with Crippen molar-refractivity contribution in [3.05, 3.63) is 47.9 Å². The fourth-order valence-corrected chi connectivity index (χ4v) is 2.75. The van der Waals surface area contributed by atoms with Crippen LogP contribution in [0.5, 0.6) is 23.0 Å².